The van der Waals surface area contributed by atoms with Crippen LogP contribution in [-0.2, 0) is 6.42 Å². The van der Waals surface area contributed by atoms with Crippen LogP contribution < -0.4 is 5.32 Å². The van der Waals surface area contributed by atoms with Crippen molar-refractivity contribution in [1.29, 1.82) is 0 Å². The largest absolute Gasteiger partial charge is 0.307 e. The Hall–Kier alpha value is -1.26. The quantitative estimate of drug-likeness (QED) is 0.861. The van der Waals surface area contributed by atoms with E-state index in [1.54, 1.807) is 17.4 Å². The molecule has 2 rings (SSSR count). The first-order valence-electron chi connectivity index (χ1n) is 6.29. The molecule has 0 aliphatic rings. The van der Waals surface area contributed by atoms with Crippen molar-refractivity contribution in [2.24, 2.45) is 0 Å². The zero-order valence-electron chi connectivity index (χ0n) is 11.0. The lowest BCUT2D eigenvalue weighted by Crippen LogP contribution is -2.31. The Bertz CT molecular complexity index is 525. The van der Waals surface area contributed by atoms with Crippen molar-refractivity contribution in [1.82, 2.24) is 5.32 Å². The Kier molecular flexibility index (Phi) is 4.66. The van der Waals surface area contributed by atoms with Gasteiger partial charge in [-0.25, -0.2) is 8.78 Å². The van der Waals surface area contributed by atoms with Gasteiger partial charge in [0.05, 0.1) is 0 Å². The van der Waals surface area contributed by atoms with E-state index in [-0.39, 0.29) is 12.1 Å². The molecule has 1 heterocycles. The van der Waals surface area contributed by atoms with Crippen LogP contribution in [0.15, 0.2) is 35.0 Å². The van der Waals surface area contributed by atoms with E-state index in [2.05, 4.69) is 16.8 Å². The highest BCUT2D eigenvalue weighted by atomic mass is 32.1. The molecule has 1 N–H and O–H groups in total. The van der Waals surface area contributed by atoms with Crippen molar-refractivity contribution in [3.05, 3.63) is 57.8 Å². The summed E-state index contributed by atoms with van der Waals surface area (Å²) >= 11 is 1.66. The Balaban J connectivity index is 2.00. The summed E-state index contributed by atoms with van der Waals surface area (Å²) in [5.41, 5.74) is 1.63. The summed E-state index contributed by atoms with van der Waals surface area (Å²) in [6, 6.07) is 6.36. The molecule has 0 radical (unpaired) electrons. The molecule has 0 bridgehead atoms. The predicted molar refractivity (Wildman–Crippen MR) is 75.4 cm³/mol. The number of hydrogen-bond acceptors (Lipinski definition) is 2. The highest BCUT2D eigenvalue weighted by Crippen LogP contribution is 2.20. The van der Waals surface area contributed by atoms with Gasteiger partial charge in [-0.1, -0.05) is 12.1 Å². The third-order valence-electron chi connectivity index (χ3n) is 3.10. The van der Waals surface area contributed by atoms with Gasteiger partial charge in [0.2, 0.25) is 0 Å². The Morgan fingerprint density at radius 3 is 2.68 bits per heavy atom. The topological polar surface area (TPSA) is 12.0 Å². The van der Waals surface area contributed by atoms with Crippen LogP contribution in [-0.4, -0.2) is 6.04 Å². The van der Waals surface area contributed by atoms with Gasteiger partial charge >= 0.3 is 0 Å². The summed E-state index contributed by atoms with van der Waals surface area (Å²) in [6.07, 6.45) is 0.880. The van der Waals surface area contributed by atoms with Gasteiger partial charge < -0.3 is 5.32 Å². The van der Waals surface area contributed by atoms with Crippen molar-refractivity contribution in [2.75, 3.05) is 0 Å². The summed E-state index contributed by atoms with van der Waals surface area (Å²) in [5.74, 6) is -1.55. The number of benzene rings is 1. The van der Waals surface area contributed by atoms with Crippen LogP contribution in [0.5, 0.6) is 0 Å². The first-order chi connectivity index (χ1) is 9.08. The fourth-order valence-corrected chi connectivity index (χ4v) is 2.87. The monoisotopic (exact) mass is 281 g/mol. The van der Waals surface area contributed by atoms with Gasteiger partial charge in [-0.2, -0.15) is 11.3 Å². The van der Waals surface area contributed by atoms with Crippen LogP contribution in [0, 0.1) is 11.6 Å². The van der Waals surface area contributed by atoms with E-state index in [4.69, 9.17) is 0 Å². The summed E-state index contributed by atoms with van der Waals surface area (Å²) < 4.78 is 26.8. The fourth-order valence-electron chi connectivity index (χ4n) is 2.19. The van der Waals surface area contributed by atoms with Crippen molar-refractivity contribution in [2.45, 2.75) is 32.4 Å². The summed E-state index contributed by atoms with van der Waals surface area (Å²) in [4.78, 5) is 0. The number of rotatable bonds is 5. The molecule has 19 heavy (non-hydrogen) atoms. The lowest BCUT2D eigenvalue weighted by molar-refractivity contribution is 0.441. The van der Waals surface area contributed by atoms with Gasteiger partial charge in [0, 0.05) is 17.6 Å². The Morgan fingerprint density at radius 2 is 2.00 bits per heavy atom. The van der Waals surface area contributed by atoms with Gasteiger partial charge in [0.15, 0.2) is 11.6 Å². The molecule has 0 aliphatic carbocycles. The normalized spacial score (nSPS) is 14.3. The zero-order chi connectivity index (χ0) is 13.8. The van der Waals surface area contributed by atoms with E-state index >= 15 is 0 Å². The van der Waals surface area contributed by atoms with Crippen LogP contribution >= 0.6 is 11.3 Å². The van der Waals surface area contributed by atoms with Gasteiger partial charge in [-0.05, 0) is 48.7 Å². The molecule has 0 aliphatic heterocycles. The van der Waals surface area contributed by atoms with E-state index in [1.165, 1.54) is 11.6 Å². The molecule has 4 heteroatoms. The van der Waals surface area contributed by atoms with Crippen LogP contribution in [0.25, 0.3) is 0 Å². The van der Waals surface area contributed by atoms with E-state index in [0.717, 1.165) is 12.5 Å². The van der Waals surface area contributed by atoms with Crippen LogP contribution in [0.1, 0.15) is 31.0 Å². The average molecular weight is 281 g/mol. The third-order valence-corrected chi connectivity index (χ3v) is 3.84. The average Bonchev–Trinajstić information content (AvgIpc) is 2.85. The molecular weight excluding hydrogens is 264 g/mol. The van der Waals surface area contributed by atoms with Crippen molar-refractivity contribution in [3.8, 4) is 0 Å². The molecule has 0 amide bonds. The molecule has 1 nitrogen and oxygen atoms in total. The molecule has 0 spiro atoms. The lowest BCUT2D eigenvalue weighted by Gasteiger charge is -2.20. The molecule has 0 saturated carbocycles. The molecule has 1 aromatic carbocycles. The second-order valence-electron chi connectivity index (χ2n) is 4.77. The SMILES string of the molecule is CC(Cc1ccsc1)NC(C)c1cccc(F)c1F. The molecule has 2 atom stereocenters. The first kappa shape index (κ1) is 14.2. The van der Waals surface area contributed by atoms with Crippen molar-refractivity contribution >= 4 is 11.3 Å². The zero-order valence-corrected chi connectivity index (χ0v) is 11.8. The Morgan fingerprint density at radius 1 is 1.21 bits per heavy atom. The molecule has 0 fully saturated rings. The van der Waals surface area contributed by atoms with Crippen LogP contribution in [0.4, 0.5) is 8.78 Å². The fraction of sp³-hybridized carbons (Fsp3) is 0.333. The number of hydrogen-bond donors (Lipinski definition) is 1. The Labute approximate surface area is 116 Å². The number of halogens is 2. The molecule has 1 aromatic heterocycles. The molecule has 2 unspecified atom stereocenters. The third kappa shape index (κ3) is 3.61. The molecular formula is C15H17F2NS. The minimum absolute atomic E-state index is 0.201. The predicted octanol–water partition coefficient (Wildman–Crippen LogP) is 4.31. The van der Waals surface area contributed by atoms with E-state index < -0.39 is 11.6 Å². The molecule has 0 saturated heterocycles. The second-order valence-corrected chi connectivity index (χ2v) is 5.55. The standard InChI is InChI=1S/C15H17F2NS/c1-10(8-12-6-7-19-9-12)18-11(2)13-4-3-5-14(16)15(13)17/h3-7,9-11,18H,8H2,1-2H3. The summed E-state index contributed by atoms with van der Waals surface area (Å²) in [6.45, 7) is 3.90. The van der Waals surface area contributed by atoms with Crippen LogP contribution in [0.3, 0.4) is 0 Å². The smallest absolute Gasteiger partial charge is 0.163 e. The second kappa shape index (κ2) is 6.26. The lowest BCUT2D eigenvalue weighted by atomic mass is 10.0. The maximum Gasteiger partial charge on any atom is 0.163 e. The number of thiophene rings is 1. The van der Waals surface area contributed by atoms with E-state index in [0.29, 0.717) is 5.56 Å². The van der Waals surface area contributed by atoms with Crippen molar-refractivity contribution < 1.29 is 8.78 Å². The van der Waals surface area contributed by atoms with Gasteiger partial charge in [-0.3, -0.25) is 0 Å². The number of nitrogens with one attached hydrogen (secondary N) is 1. The van der Waals surface area contributed by atoms with Crippen molar-refractivity contribution in [3.63, 3.8) is 0 Å². The highest BCUT2D eigenvalue weighted by molar-refractivity contribution is 7.07. The van der Waals surface area contributed by atoms with Crippen LogP contribution in [0.2, 0.25) is 0 Å². The summed E-state index contributed by atoms with van der Waals surface area (Å²) in [5, 5.41) is 7.44. The minimum Gasteiger partial charge on any atom is -0.307 e. The molecule has 2 aromatic rings. The highest BCUT2D eigenvalue weighted by Gasteiger charge is 2.16. The summed E-state index contributed by atoms with van der Waals surface area (Å²) in [7, 11) is 0. The minimum atomic E-state index is -0.795. The first-order valence-corrected chi connectivity index (χ1v) is 7.23. The maximum atomic E-state index is 13.7. The van der Waals surface area contributed by atoms with Gasteiger partial charge in [-0.15, -0.1) is 0 Å². The maximum absolute atomic E-state index is 13.7. The van der Waals surface area contributed by atoms with E-state index in [9.17, 15) is 8.78 Å². The van der Waals surface area contributed by atoms with Gasteiger partial charge in [0.25, 0.3) is 0 Å². The molecule has 102 valence electrons. The van der Waals surface area contributed by atoms with Gasteiger partial charge in [0.1, 0.15) is 0 Å². The van der Waals surface area contributed by atoms with E-state index in [1.807, 2.05) is 19.2 Å².